The zero-order chi connectivity index (χ0) is 14.8. The van der Waals surface area contributed by atoms with Crippen LogP contribution in [0.15, 0.2) is 4.90 Å². The summed E-state index contributed by atoms with van der Waals surface area (Å²) in [4.78, 5) is 10.6. The Labute approximate surface area is 110 Å². The van der Waals surface area contributed by atoms with Gasteiger partial charge in [0.2, 0.25) is 10.0 Å². The van der Waals surface area contributed by atoms with Gasteiger partial charge >= 0.3 is 5.97 Å². The number of carbonyl (C=O) groups is 1. The van der Waals surface area contributed by atoms with E-state index in [0.29, 0.717) is 0 Å². The molecule has 0 bridgehead atoms. The zero-order valence-corrected chi connectivity index (χ0v) is 11.7. The van der Waals surface area contributed by atoms with Gasteiger partial charge in [0, 0.05) is 12.6 Å². The maximum Gasteiger partial charge on any atom is 0.357 e. The van der Waals surface area contributed by atoms with Crippen LogP contribution >= 0.6 is 0 Å². The summed E-state index contributed by atoms with van der Waals surface area (Å²) in [5.74, 6) is -1.72. The molecular weight excluding hydrogens is 274 g/mol. The van der Waals surface area contributed by atoms with Gasteiger partial charge in [-0.15, -0.1) is 0 Å². The average molecular weight is 291 g/mol. The number of rotatable bonds is 6. The van der Waals surface area contributed by atoms with Gasteiger partial charge in [0.05, 0.1) is 5.69 Å². The fourth-order valence-electron chi connectivity index (χ4n) is 1.47. The second kappa shape index (κ2) is 5.68. The summed E-state index contributed by atoms with van der Waals surface area (Å²) in [5.41, 5.74) is -0.400. The summed E-state index contributed by atoms with van der Waals surface area (Å²) >= 11 is 0. The molecule has 19 heavy (non-hydrogen) atoms. The maximum absolute atomic E-state index is 12.2. The molecule has 2 atom stereocenters. The lowest BCUT2D eigenvalue weighted by atomic mass is 10.1. The van der Waals surface area contributed by atoms with Crippen LogP contribution in [0.3, 0.4) is 0 Å². The van der Waals surface area contributed by atoms with Crippen LogP contribution in [0, 0.1) is 12.8 Å². The number of hydrogen-bond acceptors (Lipinski definition) is 5. The fraction of sp³-hybridized carbons (Fsp3) is 0.600. The Morgan fingerprint density at radius 3 is 2.53 bits per heavy atom. The third-order valence-electron chi connectivity index (χ3n) is 2.84. The molecule has 108 valence electrons. The number of sulfonamides is 1. The lowest BCUT2D eigenvalue weighted by Gasteiger charge is -2.19. The Bertz CT molecular complexity index is 566. The highest BCUT2D eigenvalue weighted by molar-refractivity contribution is 7.89. The van der Waals surface area contributed by atoms with Crippen molar-refractivity contribution in [1.29, 1.82) is 0 Å². The number of aromatic nitrogens is 2. The van der Waals surface area contributed by atoms with E-state index in [1.807, 2.05) is 0 Å². The highest BCUT2D eigenvalue weighted by Crippen LogP contribution is 2.18. The number of nitrogens with zero attached hydrogens (tertiary/aromatic N) is 1. The minimum atomic E-state index is -4.01. The van der Waals surface area contributed by atoms with Gasteiger partial charge in [-0.1, -0.05) is 6.92 Å². The van der Waals surface area contributed by atoms with Crippen molar-refractivity contribution in [1.82, 2.24) is 14.9 Å². The number of carboxylic acids is 1. The summed E-state index contributed by atoms with van der Waals surface area (Å²) in [6.45, 7) is 4.51. The molecule has 0 amide bonds. The summed E-state index contributed by atoms with van der Waals surface area (Å²) < 4.78 is 26.6. The van der Waals surface area contributed by atoms with E-state index in [0.717, 1.165) is 0 Å². The minimum Gasteiger partial charge on any atom is -0.476 e. The van der Waals surface area contributed by atoms with Gasteiger partial charge in [-0.05, 0) is 19.8 Å². The highest BCUT2D eigenvalue weighted by Gasteiger charge is 2.30. The van der Waals surface area contributed by atoms with Crippen LogP contribution in [0.2, 0.25) is 0 Å². The first-order chi connectivity index (χ1) is 8.70. The Morgan fingerprint density at radius 2 is 2.05 bits per heavy atom. The van der Waals surface area contributed by atoms with Crippen LogP contribution < -0.4 is 4.72 Å². The molecule has 1 rings (SSSR count). The van der Waals surface area contributed by atoms with Crippen molar-refractivity contribution >= 4 is 16.0 Å². The summed E-state index contributed by atoms with van der Waals surface area (Å²) in [5, 5.41) is 23.7. The number of carboxylic acid groups (broad SMARTS) is 1. The van der Waals surface area contributed by atoms with Gasteiger partial charge in [0.15, 0.2) is 5.69 Å². The predicted octanol–water partition coefficient (Wildman–Crippen LogP) is -0.288. The summed E-state index contributed by atoms with van der Waals surface area (Å²) in [7, 11) is -4.01. The third kappa shape index (κ3) is 3.31. The van der Waals surface area contributed by atoms with Crippen molar-refractivity contribution in [2.75, 3.05) is 6.61 Å². The standard InChI is InChI=1S/C10H17N3O5S/c1-5(4-14)6(2)13-19(17,18)9-7(3)11-12-8(9)10(15)16/h5-6,13-14H,4H2,1-3H3,(H,11,12)(H,15,16). The topological polar surface area (TPSA) is 132 Å². The van der Waals surface area contributed by atoms with Crippen molar-refractivity contribution in [3.63, 3.8) is 0 Å². The fourth-order valence-corrected chi connectivity index (χ4v) is 3.15. The number of aliphatic hydroxyl groups is 1. The Kier molecular flexibility index (Phi) is 4.66. The summed E-state index contributed by atoms with van der Waals surface area (Å²) in [6, 6.07) is -0.536. The van der Waals surface area contributed by atoms with Crippen molar-refractivity contribution < 1.29 is 23.4 Å². The lowest BCUT2D eigenvalue weighted by molar-refractivity contribution is 0.0686. The van der Waals surface area contributed by atoms with Crippen molar-refractivity contribution in [3.8, 4) is 0 Å². The van der Waals surface area contributed by atoms with Crippen molar-refractivity contribution in [2.24, 2.45) is 5.92 Å². The lowest BCUT2D eigenvalue weighted by Crippen LogP contribution is -2.38. The normalized spacial score (nSPS) is 15.2. The molecule has 0 spiro atoms. The number of aromatic amines is 1. The largest absolute Gasteiger partial charge is 0.476 e. The molecule has 9 heteroatoms. The Hall–Kier alpha value is -1.45. The number of aliphatic hydroxyl groups excluding tert-OH is 1. The van der Waals surface area contributed by atoms with E-state index in [1.165, 1.54) is 6.92 Å². The van der Waals surface area contributed by atoms with Gasteiger partial charge in [0.25, 0.3) is 0 Å². The molecule has 0 radical (unpaired) electrons. The smallest absolute Gasteiger partial charge is 0.357 e. The molecule has 0 aliphatic carbocycles. The Morgan fingerprint density at radius 1 is 1.47 bits per heavy atom. The molecule has 0 fully saturated rings. The van der Waals surface area contributed by atoms with Gasteiger partial charge in [-0.2, -0.15) is 5.10 Å². The average Bonchev–Trinajstić information content (AvgIpc) is 2.70. The molecule has 4 N–H and O–H groups in total. The first kappa shape index (κ1) is 15.6. The van der Waals surface area contributed by atoms with E-state index < -0.39 is 27.7 Å². The van der Waals surface area contributed by atoms with E-state index in [9.17, 15) is 13.2 Å². The molecule has 1 aromatic heterocycles. The van der Waals surface area contributed by atoms with Gasteiger partial charge in [-0.3, -0.25) is 5.10 Å². The number of aromatic carboxylic acids is 1. The van der Waals surface area contributed by atoms with Crippen LogP contribution in [0.4, 0.5) is 0 Å². The molecule has 2 unspecified atom stereocenters. The van der Waals surface area contributed by atoms with Gasteiger partial charge in [-0.25, -0.2) is 17.9 Å². The maximum atomic E-state index is 12.2. The zero-order valence-electron chi connectivity index (χ0n) is 10.8. The predicted molar refractivity (Wildman–Crippen MR) is 66.3 cm³/mol. The van der Waals surface area contributed by atoms with E-state index in [-0.39, 0.29) is 23.1 Å². The number of aryl methyl sites for hydroxylation is 1. The molecule has 0 saturated heterocycles. The second-order valence-corrected chi connectivity index (χ2v) is 6.05. The second-order valence-electron chi connectivity index (χ2n) is 4.40. The molecule has 1 heterocycles. The van der Waals surface area contributed by atoms with E-state index in [2.05, 4.69) is 14.9 Å². The SMILES string of the molecule is Cc1[nH]nc(C(=O)O)c1S(=O)(=O)NC(C)C(C)CO. The quantitative estimate of drug-likeness (QED) is 0.569. The van der Waals surface area contributed by atoms with E-state index in [1.54, 1.807) is 13.8 Å². The minimum absolute atomic E-state index is 0.147. The van der Waals surface area contributed by atoms with Gasteiger partial charge in [0.1, 0.15) is 4.90 Å². The van der Waals surface area contributed by atoms with Crippen LogP contribution in [0.25, 0.3) is 0 Å². The Balaban J connectivity index is 3.14. The van der Waals surface area contributed by atoms with Crippen LogP contribution in [-0.2, 0) is 10.0 Å². The van der Waals surface area contributed by atoms with Crippen LogP contribution in [0.1, 0.15) is 30.0 Å². The number of H-pyrrole nitrogens is 1. The van der Waals surface area contributed by atoms with Crippen LogP contribution in [0.5, 0.6) is 0 Å². The van der Waals surface area contributed by atoms with E-state index >= 15 is 0 Å². The summed E-state index contributed by atoms with van der Waals surface area (Å²) in [6.07, 6.45) is 0. The van der Waals surface area contributed by atoms with Crippen molar-refractivity contribution in [3.05, 3.63) is 11.4 Å². The molecule has 0 saturated carbocycles. The van der Waals surface area contributed by atoms with Crippen molar-refractivity contribution in [2.45, 2.75) is 31.7 Å². The first-order valence-electron chi connectivity index (χ1n) is 5.62. The molecule has 0 aliphatic rings. The molecule has 1 aromatic rings. The first-order valence-corrected chi connectivity index (χ1v) is 7.10. The van der Waals surface area contributed by atoms with E-state index in [4.69, 9.17) is 10.2 Å². The molecule has 8 nitrogen and oxygen atoms in total. The molecule has 0 aromatic carbocycles. The highest BCUT2D eigenvalue weighted by atomic mass is 32.2. The number of nitrogens with one attached hydrogen (secondary N) is 2. The molecular formula is C10H17N3O5S. The van der Waals surface area contributed by atoms with Gasteiger partial charge < -0.3 is 10.2 Å². The third-order valence-corrected chi connectivity index (χ3v) is 4.56. The number of hydrogen-bond donors (Lipinski definition) is 4. The molecule has 0 aliphatic heterocycles. The monoisotopic (exact) mass is 291 g/mol. The van der Waals surface area contributed by atoms with Crippen LogP contribution in [-0.4, -0.2) is 47.4 Å².